The van der Waals surface area contributed by atoms with Crippen molar-refractivity contribution in [2.75, 3.05) is 0 Å². The van der Waals surface area contributed by atoms with Crippen molar-refractivity contribution in [2.45, 2.75) is 0 Å². The largest absolute Gasteiger partial charge is 0.454 e. The average Bonchev–Trinajstić information content (AvgIpc) is 2.74. The summed E-state index contributed by atoms with van der Waals surface area (Å²) in [7, 11) is 0. The van der Waals surface area contributed by atoms with E-state index in [1.54, 1.807) is 24.3 Å². The summed E-state index contributed by atoms with van der Waals surface area (Å²) in [5.74, 6) is -0.307. The Balaban J connectivity index is 2.22. The van der Waals surface area contributed by atoms with E-state index in [1.807, 2.05) is 0 Å². The first-order valence-electron chi connectivity index (χ1n) is 5.01. The molecule has 0 bridgehead atoms. The van der Waals surface area contributed by atoms with E-state index in [1.165, 1.54) is 0 Å². The van der Waals surface area contributed by atoms with E-state index in [-0.39, 0.29) is 16.7 Å². The first-order chi connectivity index (χ1) is 8.63. The van der Waals surface area contributed by atoms with E-state index in [0.717, 1.165) is 11.6 Å². The monoisotopic (exact) mass is 282 g/mol. The van der Waals surface area contributed by atoms with E-state index in [4.69, 9.17) is 27.6 Å². The quantitative estimate of drug-likeness (QED) is 0.624. The maximum Gasteiger partial charge on any atom is 0.223 e. The number of hydrogen-bond donors (Lipinski definition) is 0. The molecule has 0 saturated heterocycles. The van der Waals surface area contributed by atoms with Crippen LogP contribution in [0, 0.1) is 5.82 Å². The third-order valence-corrected chi connectivity index (χ3v) is 2.84. The van der Waals surface area contributed by atoms with Gasteiger partial charge in [0, 0.05) is 10.4 Å². The average molecular weight is 283 g/mol. The van der Waals surface area contributed by atoms with Gasteiger partial charge in [0.05, 0.1) is 6.20 Å². The molecule has 0 atom stereocenters. The summed E-state index contributed by atoms with van der Waals surface area (Å²) in [6, 6.07) is 6.79. The molecule has 0 saturated carbocycles. The van der Waals surface area contributed by atoms with Gasteiger partial charge in [-0.1, -0.05) is 11.6 Å². The number of fused-ring (bicyclic) bond motifs is 1. The van der Waals surface area contributed by atoms with E-state index in [9.17, 15) is 4.39 Å². The summed E-state index contributed by atoms with van der Waals surface area (Å²) in [5, 5.41) is 1.31. The molecule has 0 fully saturated rings. The molecule has 3 aromatic rings. The molecule has 0 spiro atoms. The smallest absolute Gasteiger partial charge is 0.223 e. The summed E-state index contributed by atoms with van der Waals surface area (Å²) in [6.45, 7) is 0. The van der Waals surface area contributed by atoms with Crippen molar-refractivity contribution in [3.8, 4) is 11.5 Å². The van der Waals surface area contributed by atoms with Crippen LogP contribution in [0.3, 0.4) is 0 Å². The van der Waals surface area contributed by atoms with E-state index < -0.39 is 5.82 Å². The Morgan fingerprint density at radius 2 is 2.00 bits per heavy atom. The molecule has 6 heteroatoms. The molecule has 3 rings (SSSR count). The molecule has 0 aliphatic carbocycles. The lowest BCUT2D eigenvalue weighted by Gasteiger charge is -1.97. The van der Waals surface area contributed by atoms with Crippen LogP contribution in [-0.2, 0) is 0 Å². The minimum absolute atomic E-state index is 0.0299. The van der Waals surface area contributed by atoms with Crippen LogP contribution in [0.25, 0.3) is 22.4 Å². The highest BCUT2D eigenvalue weighted by Gasteiger charge is 2.13. The highest BCUT2D eigenvalue weighted by atomic mass is 35.5. The summed E-state index contributed by atoms with van der Waals surface area (Å²) < 4.78 is 19.1. The van der Waals surface area contributed by atoms with Crippen LogP contribution in [0.2, 0.25) is 10.3 Å². The fourth-order valence-electron chi connectivity index (χ4n) is 1.65. The van der Waals surface area contributed by atoms with E-state index >= 15 is 0 Å². The van der Waals surface area contributed by atoms with Crippen LogP contribution in [0.15, 0.2) is 34.9 Å². The van der Waals surface area contributed by atoms with Gasteiger partial charge in [-0.3, -0.25) is 0 Å². The molecule has 0 amide bonds. The van der Waals surface area contributed by atoms with Crippen molar-refractivity contribution >= 4 is 34.2 Å². The molecule has 18 heavy (non-hydrogen) atoms. The number of furan rings is 1. The summed E-state index contributed by atoms with van der Waals surface area (Å²) in [6.07, 6.45) is 1.00. The molecule has 0 N–H and O–H groups in total. The van der Waals surface area contributed by atoms with Crippen LogP contribution in [0.5, 0.6) is 0 Å². The van der Waals surface area contributed by atoms with Crippen LogP contribution in [-0.4, -0.2) is 9.97 Å². The third kappa shape index (κ3) is 1.94. The number of aromatic nitrogens is 2. The van der Waals surface area contributed by atoms with Crippen LogP contribution < -0.4 is 0 Å². The van der Waals surface area contributed by atoms with Gasteiger partial charge < -0.3 is 4.42 Å². The lowest BCUT2D eigenvalue weighted by Crippen LogP contribution is -1.90. The highest BCUT2D eigenvalue weighted by Crippen LogP contribution is 2.30. The van der Waals surface area contributed by atoms with Gasteiger partial charge in [-0.25, -0.2) is 14.4 Å². The predicted octanol–water partition coefficient (Wildman–Crippen LogP) is 4.34. The highest BCUT2D eigenvalue weighted by molar-refractivity contribution is 6.31. The second-order valence-corrected chi connectivity index (χ2v) is 4.40. The minimum atomic E-state index is -0.593. The normalized spacial score (nSPS) is 11.1. The number of nitrogens with zero attached hydrogens (tertiary/aromatic N) is 2. The Morgan fingerprint density at radius 1 is 1.17 bits per heavy atom. The van der Waals surface area contributed by atoms with Crippen molar-refractivity contribution in [2.24, 2.45) is 0 Å². The van der Waals surface area contributed by atoms with E-state index in [0.29, 0.717) is 10.6 Å². The van der Waals surface area contributed by atoms with Crippen LogP contribution in [0.4, 0.5) is 4.39 Å². The number of rotatable bonds is 1. The predicted molar refractivity (Wildman–Crippen MR) is 67.2 cm³/mol. The molecule has 0 radical (unpaired) electrons. The molecule has 2 heterocycles. The first kappa shape index (κ1) is 11.4. The topological polar surface area (TPSA) is 38.9 Å². The Labute approximate surface area is 111 Å². The second-order valence-electron chi connectivity index (χ2n) is 3.63. The van der Waals surface area contributed by atoms with Crippen molar-refractivity contribution in [3.05, 3.63) is 46.6 Å². The Morgan fingerprint density at radius 3 is 2.83 bits per heavy atom. The summed E-state index contributed by atoms with van der Waals surface area (Å²) in [5.41, 5.74) is 0.630. The fraction of sp³-hybridized carbons (Fsp3) is 0. The van der Waals surface area contributed by atoms with Crippen molar-refractivity contribution in [1.29, 1.82) is 0 Å². The number of hydrogen-bond acceptors (Lipinski definition) is 3. The lowest BCUT2D eigenvalue weighted by atomic mass is 10.2. The van der Waals surface area contributed by atoms with Gasteiger partial charge in [0.2, 0.25) is 5.28 Å². The first-order valence-corrected chi connectivity index (χ1v) is 5.76. The summed E-state index contributed by atoms with van der Waals surface area (Å²) >= 11 is 11.5. The molecule has 1 aromatic carbocycles. The van der Waals surface area contributed by atoms with Gasteiger partial charge in [-0.2, -0.15) is 0 Å². The molecule has 0 aliphatic heterocycles. The molecule has 2 aromatic heterocycles. The molecular formula is C12H5Cl2FN2O. The minimum Gasteiger partial charge on any atom is -0.454 e. The molecular weight excluding hydrogens is 278 g/mol. The number of benzene rings is 1. The Bertz CT molecular complexity index is 742. The van der Waals surface area contributed by atoms with Gasteiger partial charge in [0.25, 0.3) is 0 Å². The molecule has 0 unspecified atom stereocenters. The van der Waals surface area contributed by atoms with Crippen molar-refractivity contribution in [1.82, 2.24) is 9.97 Å². The molecule has 0 aliphatic rings. The van der Waals surface area contributed by atoms with Crippen molar-refractivity contribution in [3.63, 3.8) is 0 Å². The van der Waals surface area contributed by atoms with Gasteiger partial charge in [-0.05, 0) is 35.9 Å². The Hall–Kier alpha value is -1.65. The zero-order valence-corrected chi connectivity index (χ0v) is 10.3. The fourth-order valence-corrected chi connectivity index (χ4v) is 1.96. The zero-order valence-electron chi connectivity index (χ0n) is 8.82. The van der Waals surface area contributed by atoms with Gasteiger partial charge in [0.1, 0.15) is 11.3 Å². The summed E-state index contributed by atoms with van der Waals surface area (Å²) in [4.78, 5) is 7.36. The zero-order chi connectivity index (χ0) is 12.7. The second kappa shape index (κ2) is 4.23. The standard InChI is InChI=1S/C12H5Cl2FN2O/c13-7-1-2-9-6(3-7)4-10(18-9)11-8(15)5-16-12(14)17-11/h1-5H. The van der Waals surface area contributed by atoms with E-state index in [2.05, 4.69) is 9.97 Å². The maximum absolute atomic E-state index is 13.6. The van der Waals surface area contributed by atoms with Crippen LogP contribution >= 0.6 is 23.2 Å². The third-order valence-electron chi connectivity index (χ3n) is 2.43. The van der Waals surface area contributed by atoms with Gasteiger partial charge in [0.15, 0.2) is 11.6 Å². The SMILES string of the molecule is Fc1cnc(Cl)nc1-c1cc2cc(Cl)ccc2o1. The maximum atomic E-state index is 13.6. The Kier molecular flexibility index (Phi) is 2.69. The van der Waals surface area contributed by atoms with Crippen molar-refractivity contribution < 1.29 is 8.81 Å². The van der Waals surface area contributed by atoms with Crippen LogP contribution in [0.1, 0.15) is 0 Å². The van der Waals surface area contributed by atoms with Gasteiger partial charge >= 0.3 is 0 Å². The number of halogens is 3. The van der Waals surface area contributed by atoms with Gasteiger partial charge in [-0.15, -0.1) is 0 Å². The lowest BCUT2D eigenvalue weighted by molar-refractivity contribution is 0.589. The molecule has 3 nitrogen and oxygen atoms in total. The molecule has 90 valence electrons.